The van der Waals surface area contributed by atoms with Crippen LogP contribution in [0.5, 0.6) is 0 Å². The quantitative estimate of drug-likeness (QED) is 0.380. The summed E-state index contributed by atoms with van der Waals surface area (Å²) < 4.78 is 7.23. The standard InChI is InChI=1S/C22H25ClN6O4/c1-11-4-2-3-5-13(11)9-24-18-14-19(28-22(23)27-18)29(10-26-14)21-16(31)15(30)17(33-21)20(32)25-8-12-6-7-12/h2-5,10,12,15-17,21,30-31H,6-9H2,1H3,(H,25,32)(H,24,27,28)/t15-,16+,17-,21+/m0/s1. The van der Waals surface area contributed by atoms with Crippen LogP contribution in [0.2, 0.25) is 5.28 Å². The maximum Gasteiger partial charge on any atom is 0.252 e. The summed E-state index contributed by atoms with van der Waals surface area (Å²) in [5.74, 6) is 0.461. The molecule has 3 heterocycles. The van der Waals surface area contributed by atoms with Crippen molar-refractivity contribution in [2.24, 2.45) is 5.92 Å². The number of aliphatic hydroxyl groups excluding tert-OH is 2. The van der Waals surface area contributed by atoms with E-state index < -0.39 is 30.4 Å². The topological polar surface area (TPSA) is 134 Å². The number of benzene rings is 1. The van der Waals surface area contributed by atoms with Crippen LogP contribution in [0.25, 0.3) is 11.2 Å². The summed E-state index contributed by atoms with van der Waals surface area (Å²) in [5.41, 5.74) is 2.98. The highest BCUT2D eigenvalue weighted by Gasteiger charge is 2.48. The third kappa shape index (κ3) is 4.39. The molecule has 0 radical (unpaired) electrons. The number of carbonyl (C=O) groups excluding carboxylic acids is 1. The highest BCUT2D eigenvalue weighted by molar-refractivity contribution is 6.28. The first-order valence-electron chi connectivity index (χ1n) is 10.9. The molecule has 1 saturated heterocycles. The smallest absolute Gasteiger partial charge is 0.252 e. The van der Waals surface area contributed by atoms with Gasteiger partial charge in [-0.25, -0.2) is 4.98 Å². The molecule has 174 valence electrons. The number of carbonyl (C=O) groups is 1. The van der Waals surface area contributed by atoms with Crippen LogP contribution in [-0.4, -0.2) is 60.5 Å². The van der Waals surface area contributed by atoms with Crippen LogP contribution in [0.4, 0.5) is 5.82 Å². The molecule has 2 fully saturated rings. The van der Waals surface area contributed by atoms with Crippen LogP contribution >= 0.6 is 11.6 Å². The van der Waals surface area contributed by atoms with Crippen molar-refractivity contribution in [1.82, 2.24) is 24.8 Å². The Hall–Kier alpha value is -2.79. The van der Waals surface area contributed by atoms with E-state index in [-0.39, 0.29) is 5.28 Å². The molecular weight excluding hydrogens is 448 g/mol. The fraction of sp³-hybridized carbons (Fsp3) is 0.455. The molecule has 0 spiro atoms. The van der Waals surface area contributed by atoms with Gasteiger partial charge in [0, 0.05) is 13.1 Å². The number of aromatic nitrogens is 4. The summed E-state index contributed by atoms with van der Waals surface area (Å²) in [7, 11) is 0. The van der Waals surface area contributed by atoms with Gasteiger partial charge in [0.05, 0.1) is 6.33 Å². The highest BCUT2D eigenvalue weighted by atomic mass is 35.5. The number of hydrogen-bond donors (Lipinski definition) is 4. The van der Waals surface area contributed by atoms with Gasteiger partial charge in [0.1, 0.15) is 12.2 Å². The van der Waals surface area contributed by atoms with Gasteiger partial charge < -0.3 is 25.6 Å². The fourth-order valence-electron chi connectivity index (χ4n) is 3.96. The van der Waals surface area contributed by atoms with E-state index in [2.05, 4.69) is 25.6 Å². The van der Waals surface area contributed by atoms with Gasteiger partial charge in [0.25, 0.3) is 5.91 Å². The molecule has 10 nitrogen and oxygen atoms in total. The van der Waals surface area contributed by atoms with Gasteiger partial charge in [0.2, 0.25) is 5.28 Å². The number of ether oxygens (including phenoxy) is 1. The van der Waals surface area contributed by atoms with Gasteiger partial charge in [-0.2, -0.15) is 9.97 Å². The van der Waals surface area contributed by atoms with Crippen molar-refractivity contribution in [3.63, 3.8) is 0 Å². The molecule has 4 N–H and O–H groups in total. The molecule has 1 amide bonds. The molecule has 4 atom stereocenters. The molecule has 2 aliphatic rings. The number of nitrogens with one attached hydrogen (secondary N) is 2. The van der Waals surface area contributed by atoms with E-state index in [0.29, 0.717) is 36.0 Å². The van der Waals surface area contributed by atoms with Gasteiger partial charge in [-0.15, -0.1) is 0 Å². The van der Waals surface area contributed by atoms with E-state index in [9.17, 15) is 15.0 Å². The molecule has 0 unspecified atom stereocenters. The predicted molar refractivity (Wildman–Crippen MR) is 120 cm³/mol. The van der Waals surface area contributed by atoms with Gasteiger partial charge in [-0.05, 0) is 48.4 Å². The Bertz CT molecular complexity index is 1180. The minimum atomic E-state index is -1.39. The maximum atomic E-state index is 12.5. The molecule has 1 aromatic carbocycles. The predicted octanol–water partition coefficient (Wildman–Crippen LogP) is 1.55. The Morgan fingerprint density at radius 2 is 2.03 bits per heavy atom. The molecule has 33 heavy (non-hydrogen) atoms. The van der Waals surface area contributed by atoms with Crippen LogP contribution in [0, 0.1) is 12.8 Å². The third-order valence-corrected chi connectivity index (χ3v) is 6.30. The lowest BCUT2D eigenvalue weighted by Crippen LogP contribution is -2.43. The summed E-state index contributed by atoms with van der Waals surface area (Å²) in [6.45, 7) is 3.07. The van der Waals surface area contributed by atoms with E-state index in [1.54, 1.807) is 0 Å². The zero-order chi connectivity index (χ0) is 23.1. The fourth-order valence-corrected chi connectivity index (χ4v) is 4.12. The second kappa shape index (κ2) is 8.86. The largest absolute Gasteiger partial charge is 0.387 e. The summed E-state index contributed by atoms with van der Waals surface area (Å²) in [6, 6.07) is 7.97. The molecule has 11 heteroatoms. The SMILES string of the molecule is Cc1ccccc1CNc1nc(Cl)nc2c1ncn2[C@@H]1O[C@H](C(=O)NCC2CC2)[C@@H](O)[C@H]1O. The van der Waals surface area contributed by atoms with Crippen molar-refractivity contribution in [3.05, 3.63) is 47.0 Å². The number of halogens is 1. The van der Waals surface area contributed by atoms with Gasteiger partial charge >= 0.3 is 0 Å². The van der Waals surface area contributed by atoms with Crippen molar-refractivity contribution < 1.29 is 19.7 Å². The second-order valence-electron chi connectivity index (χ2n) is 8.56. The van der Waals surface area contributed by atoms with E-state index in [4.69, 9.17) is 16.3 Å². The Labute approximate surface area is 195 Å². The van der Waals surface area contributed by atoms with E-state index in [1.807, 2.05) is 31.2 Å². The van der Waals surface area contributed by atoms with Crippen molar-refractivity contribution in [2.45, 2.75) is 50.8 Å². The number of amides is 1. The van der Waals surface area contributed by atoms with Crippen LogP contribution in [0.1, 0.15) is 30.2 Å². The Morgan fingerprint density at radius 3 is 2.79 bits per heavy atom. The van der Waals surface area contributed by atoms with E-state index in [0.717, 1.165) is 24.0 Å². The minimum absolute atomic E-state index is 0.0108. The lowest BCUT2D eigenvalue weighted by atomic mass is 10.1. The molecule has 3 aromatic rings. The number of hydrogen-bond acceptors (Lipinski definition) is 8. The zero-order valence-corrected chi connectivity index (χ0v) is 18.7. The zero-order valence-electron chi connectivity index (χ0n) is 18.0. The van der Waals surface area contributed by atoms with Crippen LogP contribution in [0.3, 0.4) is 0 Å². The Kier molecular flexibility index (Phi) is 5.92. The normalized spacial score (nSPS) is 24.8. The third-order valence-electron chi connectivity index (χ3n) is 6.13. The molecule has 0 bridgehead atoms. The van der Waals surface area contributed by atoms with E-state index in [1.165, 1.54) is 10.9 Å². The van der Waals surface area contributed by atoms with Gasteiger partial charge in [-0.3, -0.25) is 9.36 Å². The number of aryl methyl sites for hydroxylation is 1. The summed E-state index contributed by atoms with van der Waals surface area (Å²) in [5, 5.41) is 27.1. The average molecular weight is 473 g/mol. The van der Waals surface area contributed by atoms with Crippen LogP contribution in [0.15, 0.2) is 30.6 Å². The monoisotopic (exact) mass is 472 g/mol. The first kappa shape index (κ1) is 22.0. The number of anilines is 1. The molecular formula is C22H25ClN6O4. The van der Waals surface area contributed by atoms with Crippen molar-refractivity contribution in [3.8, 4) is 0 Å². The maximum absolute atomic E-state index is 12.5. The number of imidazole rings is 1. The lowest BCUT2D eigenvalue weighted by molar-refractivity contribution is -0.137. The first-order chi connectivity index (χ1) is 15.9. The number of fused-ring (bicyclic) bond motifs is 1. The summed E-state index contributed by atoms with van der Waals surface area (Å²) >= 11 is 6.17. The van der Waals surface area contributed by atoms with Crippen molar-refractivity contribution >= 4 is 34.5 Å². The van der Waals surface area contributed by atoms with Gasteiger partial charge in [-0.1, -0.05) is 24.3 Å². The number of rotatable bonds is 7. The van der Waals surface area contributed by atoms with Crippen LogP contribution < -0.4 is 10.6 Å². The average Bonchev–Trinajstić information content (AvgIpc) is 3.47. The minimum Gasteiger partial charge on any atom is -0.387 e. The molecule has 1 saturated carbocycles. The van der Waals surface area contributed by atoms with Crippen molar-refractivity contribution in [1.29, 1.82) is 0 Å². The molecule has 1 aliphatic carbocycles. The first-order valence-corrected chi connectivity index (χ1v) is 11.3. The molecule has 2 aromatic heterocycles. The van der Waals surface area contributed by atoms with Crippen molar-refractivity contribution in [2.75, 3.05) is 11.9 Å². The van der Waals surface area contributed by atoms with Gasteiger partial charge in [0.15, 0.2) is 29.3 Å². The Morgan fingerprint density at radius 1 is 1.24 bits per heavy atom. The lowest BCUT2D eigenvalue weighted by Gasteiger charge is -2.16. The number of aliphatic hydroxyl groups is 2. The van der Waals surface area contributed by atoms with Crippen LogP contribution in [-0.2, 0) is 16.1 Å². The molecule has 1 aliphatic heterocycles. The number of nitrogens with zero attached hydrogens (tertiary/aromatic N) is 4. The Balaban J connectivity index is 1.38. The second-order valence-corrected chi connectivity index (χ2v) is 8.90. The summed E-state index contributed by atoms with van der Waals surface area (Å²) in [6.07, 6.45) is -1.39. The molecule has 5 rings (SSSR count). The summed E-state index contributed by atoms with van der Waals surface area (Å²) in [4.78, 5) is 25.4. The highest BCUT2D eigenvalue weighted by Crippen LogP contribution is 2.33. The van der Waals surface area contributed by atoms with E-state index >= 15 is 0 Å².